The van der Waals surface area contributed by atoms with Crippen molar-refractivity contribution in [2.75, 3.05) is 18.5 Å². The van der Waals surface area contributed by atoms with Gasteiger partial charge in [-0.05, 0) is 30.7 Å². The Morgan fingerprint density at radius 3 is 3.07 bits per heavy atom. The van der Waals surface area contributed by atoms with E-state index >= 15 is 0 Å². The SMILES string of the molecule is BrCC1(Cc2cccs2)CCCOC1. The Kier molecular flexibility index (Phi) is 3.63. The van der Waals surface area contributed by atoms with Crippen molar-refractivity contribution < 1.29 is 4.74 Å². The lowest BCUT2D eigenvalue weighted by Crippen LogP contribution is -2.35. The smallest absolute Gasteiger partial charge is 0.0533 e. The number of rotatable bonds is 3. The van der Waals surface area contributed by atoms with Crippen molar-refractivity contribution in [3.05, 3.63) is 22.4 Å². The van der Waals surface area contributed by atoms with Crippen molar-refractivity contribution in [2.45, 2.75) is 19.3 Å². The van der Waals surface area contributed by atoms with Crippen LogP contribution in [0.1, 0.15) is 17.7 Å². The Morgan fingerprint density at radius 1 is 1.57 bits per heavy atom. The standard InChI is InChI=1S/C11H15BrOS/c12-8-11(4-2-5-13-9-11)7-10-3-1-6-14-10/h1,3,6H,2,4-5,7-9H2. The summed E-state index contributed by atoms with van der Waals surface area (Å²) in [6.07, 6.45) is 3.66. The molecule has 0 aromatic carbocycles. The van der Waals surface area contributed by atoms with E-state index in [0.717, 1.165) is 25.0 Å². The van der Waals surface area contributed by atoms with E-state index in [9.17, 15) is 0 Å². The van der Waals surface area contributed by atoms with Crippen molar-refractivity contribution in [2.24, 2.45) is 5.41 Å². The van der Waals surface area contributed by atoms with Crippen LogP contribution in [0.2, 0.25) is 0 Å². The average Bonchev–Trinajstić information content (AvgIpc) is 2.72. The molecule has 2 heterocycles. The molecular weight excluding hydrogens is 260 g/mol. The molecule has 1 atom stereocenters. The fourth-order valence-corrected chi connectivity index (χ4v) is 3.50. The van der Waals surface area contributed by atoms with Gasteiger partial charge in [0.1, 0.15) is 0 Å². The van der Waals surface area contributed by atoms with Crippen molar-refractivity contribution >= 4 is 27.3 Å². The lowest BCUT2D eigenvalue weighted by molar-refractivity contribution is 0.00655. The molecule has 0 bridgehead atoms. The molecule has 0 spiro atoms. The van der Waals surface area contributed by atoms with E-state index in [1.165, 1.54) is 17.7 Å². The van der Waals surface area contributed by atoms with Crippen molar-refractivity contribution in [3.8, 4) is 0 Å². The maximum Gasteiger partial charge on any atom is 0.0533 e. The van der Waals surface area contributed by atoms with Crippen molar-refractivity contribution in [1.29, 1.82) is 0 Å². The second kappa shape index (κ2) is 4.77. The first kappa shape index (κ1) is 10.7. The number of ether oxygens (including phenoxy) is 1. The van der Waals surface area contributed by atoms with E-state index in [1.54, 1.807) is 0 Å². The fraction of sp³-hybridized carbons (Fsp3) is 0.636. The number of alkyl halides is 1. The third kappa shape index (κ3) is 2.38. The highest BCUT2D eigenvalue weighted by molar-refractivity contribution is 9.09. The molecule has 1 aliphatic rings. The summed E-state index contributed by atoms with van der Waals surface area (Å²) in [4.78, 5) is 1.48. The molecule has 1 aliphatic heterocycles. The normalized spacial score (nSPS) is 27.8. The average molecular weight is 275 g/mol. The Hall–Kier alpha value is 0.140. The highest BCUT2D eigenvalue weighted by Gasteiger charge is 2.32. The minimum atomic E-state index is 0.350. The summed E-state index contributed by atoms with van der Waals surface area (Å²) >= 11 is 5.49. The van der Waals surface area contributed by atoms with Crippen LogP contribution in [0.5, 0.6) is 0 Å². The lowest BCUT2D eigenvalue weighted by atomic mass is 9.81. The van der Waals surface area contributed by atoms with E-state index in [2.05, 4.69) is 33.4 Å². The largest absolute Gasteiger partial charge is 0.381 e. The molecule has 0 saturated carbocycles. The van der Waals surface area contributed by atoms with Gasteiger partial charge in [-0.25, -0.2) is 0 Å². The molecule has 1 nitrogen and oxygen atoms in total. The molecule has 1 fully saturated rings. The molecule has 78 valence electrons. The van der Waals surface area contributed by atoms with Crippen LogP contribution >= 0.6 is 27.3 Å². The zero-order valence-electron chi connectivity index (χ0n) is 8.17. The van der Waals surface area contributed by atoms with Crippen molar-refractivity contribution in [1.82, 2.24) is 0 Å². The highest BCUT2D eigenvalue weighted by atomic mass is 79.9. The molecule has 1 aromatic heterocycles. The monoisotopic (exact) mass is 274 g/mol. The van der Waals surface area contributed by atoms with Gasteiger partial charge in [-0.15, -0.1) is 11.3 Å². The highest BCUT2D eigenvalue weighted by Crippen LogP contribution is 2.35. The molecule has 0 amide bonds. The first-order valence-corrected chi connectivity index (χ1v) is 7.01. The molecule has 1 saturated heterocycles. The summed E-state index contributed by atoms with van der Waals surface area (Å²) in [6, 6.07) is 4.36. The Labute approximate surface area is 97.6 Å². The summed E-state index contributed by atoms with van der Waals surface area (Å²) in [5.41, 5.74) is 0.350. The van der Waals surface area contributed by atoms with Gasteiger partial charge in [-0.2, -0.15) is 0 Å². The van der Waals surface area contributed by atoms with Crippen LogP contribution in [-0.4, -0.2) is 18.5 Å². The Bertz CT molecular complexity index is 265. The maximum absolute atomic E-state index is 5.60. The van der Waals surface area contributed by atoms with Crippen LogP contribution in [0, 0.1) is 5.41 Å². The van der Waals surface area contributed by atoms with E-state index in [-0.39, 0.29) is 0 Å². The Balaban J connectivity index is 2.04. The summed E-state index contributed by atoms with van der Waals surface area (Å²) < 4.78 is 5.60. The molecule has 0 N–H and O–H groups in total. The molecule has 0 aliphatic carbocycles. The van der Waals surface area contributed by atoms with Gasteiger partial charge in [0.2, 0.25) is 0 Å². The van der Waals surface area contributed by atoms with Crippen LogP contribution < -0.4 is 0 Å². The summed E-state index contributed by atoms with van der Waals surface area (Å²) in [5, 5.41) is 3.21. The predicted molar refractivity (Wildman–Crippen MR) is 64.3 cm³/mol. The number of thiophene rings is 1. The van der Waals surface area contributed by atoms with E-state index in [0.29, 0.717) is 5.41 Å². The van der Waals surface area contributed by atoms with Crippen LogP contribution in [-0.2, 0) is 11.2 Å². The molecule has 2 rings (SSSR count). The minimum absolute atomic E-state index is 0.350. The number of hydrogen-bond acceptors (Lipinski definition) is 2. The van der Waals surface area contributed by atoms with Crippen molar-refractivity contribution in [3.63, 3.8) is 0 Å². The van der Waals surface area contributed by atoms with Crippen LogP contribution in [0.15, 0.2) is 17.5 Å². The molecule has 3 heteroatoms. The zero-order chi connectivity index (χ0) is 9.86. The van der Waals surface area contributed by atoms with Gasteiger partial charge in [0.15, 0.2) is 0 Å². The van der Waals surface area contributed by atoms with Crippen LogP contribution in [0.3, 0.4) is 0 Å². The number of hydrogen-bond donors (Lipinski definition) is 0. The van der Waals surface area contributed by atoms with E-state index < -0.39 is 0 Å². The molecule has 14 heavy (non-hydrogen) atoms. The lowest BCUT2D eigenvalue weighted by Gasteiger charge is -2.35. The third-order valence-corrected chi connectivity index (χ3v) is 4.88. The fourth-order valence-electron chi connectivity index (χ4n) is 1.98. The topological polar surface area (TPSA) is 9.23 Å². The predicted octanol–water partition coefficient (Wildman–Crippen LogP) is 3.48. The van der Waals surface area contributed by atoms with E-state index in [4.69, 9.17) is 4.74 Å². The Morgan fingerprint density at radius 2 is 2.50 bits per heavy atom. The third-order valence-electron chi connectivity index (χ3n) is 2.82. The summed E-state index contributed by atoms with van der Waals surface area (Å²) in [6.45, 7) is 1.86. The zero-order valence-corrected chi connectivity index (χ0v) is 10.6. The van der Waals surface area contributed by atoms with E-state index in [1.807, 2.05) is 11.3 Å². The molecule has 1 unspecified atom stereocenters. The second-order valence-electron chi connectivity index (χ2n) is 4.05. The van der Waals surface area contributed by atoms with Crippen LogP contribution in [0.4, 0.5) is 0 Å². The van der Waals surface area contributed by atoms with Gasteiger partial charge >= 0.3 is 0 Å². The van der Waals surface area contributed by atoms with Gasteiger partial charge in [0.25, 0.3) is 0 Å². The first-order chi connectivity index (χ1) is 6.85. The van der Waals surface area contributed by atoms with Gasteiger partial charge in [0, 0.05) is 22.2 Å². The van der Waals surface area contributed by atoms with Crippen LogP contribution in [0.25, 0.3) is 0 Å². The minimum Gasteiger partial charge on any atom is -0.381 e. The quantitative estimate of drug-likeness (QED) is 0.767. The second-order valence-corrected chi connectivity index (χ2v) is 5.64. The summed E-state index contributed by atoms with van der Waals surface area (Å²) in [5.74, 6) is 0. The van der Waals surface area contributed by atoms with Gasteiger partial charge < -0.3 is 4.74 Å². The van der Waals surface area contributed by atoms with Gasteiger partial charge in [0.05, 0.1) is 6.61 Å². The molecule has 0 radical (unpaired) electrons. The number of halogens is 1. The molecule has 1 aromatic rings. The molecular formula is C11H15BrOS. The first-order valence-electron chi connectivity index (χ1n) is 5.01. The van der Waals surface area contributed by atoms with Gasteiger partial charge in [-0.1, -0.05) is 22.0 Å². The summed E-state index contributed by atoms with van der Waals surface area (Å²) in [7, 11) is 0. The van der Waals surface area contributed by atoms with Gasteiger partial charge in [-0.3, -0.25) is 0 Å². The maximum atomic E-state index is 5.60.